The lowest BCUT2D eigenvalue weighted by Crippen LogP contribution is -1.94. The molecule has 10 rings (SSSR count). The molecule has 1 aliphatic rings. The Bertz CT molecular complexity index is 2540. The Hall–Kier alpha value is -4.92. The van der Waals surface area contributed by atoms with Gasteiger partial charge in [-0.2, -0.15) is 0 Å². The van der Waals surface area contributed by atoms with Crippen molar-refractivity contribution in [3.8, 4) is 27.9 Å². The molecule has 0 unspecified atom stereocenters. The van der Waals surface area contributed by atoms with Crippen molar-refractivity contribution in [3.63, 3.8) is 0 Å². The third kappa shape index (κ3) is 2.53. The van der Waals surface area contributed by atoms with Gasteiger partial charge < -0.3 is 4.57 Å². The molecule has 0 saturated heterocycles. The Labute approximate surface area is 234 Å². The van der Waals surface area contributed by atoms with Crippen LogP contribution in [0.15, 0.2) is 127 Å². The topological polar surface area (TPSA) is 4.93 Å². The number of fused-ring (bicyclic) bond motifs is 12. The third-order valence-electron chi connectivity index (χ3n) is 8.91. The molecule has 40 heavy (non-hydrogen) atoms. The van der Waals surface area contributed by atoms with Crippen LogP contribution in [-0.4, -0.2) is 4.57 Å². The van der Waals surface area contributed by atoms with Gasteiger partial charge in [-0.15, -0.1) is 11.3 Å². The molecule has 7 aromatic carbocycles. The van der Waals surface area contributed by atoms with Crippen LogP contribution in [0.4, 0.5) is 0 Å². The summed E-state index contributed by atoms with van der Waals surface area (Å²) in [4.78, 5) is 0. The summed E-state index contributed by atoms with van der Waals surface area (Å²) < 4.78 is 5.17. The molecule has 0 fully saturated rings. The van der Waals surface area contributed by atoms with Crippen LogP contribution in [-0.2, 0) is 0 Å². The number of benzene rings is 7. The molecule has 184 valence electrons. The number of rotatable bonds is 1. The minimum atomic E-state index is 1.21. The van der Waals surface area contributed by atoms with Crippen LogP contribution in [0.5, 0.6) is 0 Å². The quantitative estimate of drug-likeness (QED) is 0.202. The fourth-order valence-electron chi connectivity index (χ4n) is 7.27. The Morgan fingerprint density at radius 1 is 0.400 bits per heavy atom. The first-order valence-corrected chi connectivity index (χ1v) is 14.6. The fourth-order valence-corrected chi connectivity index (χ4v) is 8.41. The average molecular weight is 524 g/mol. The van der Waals surface area contributed by atoms with Crippen LogP contribution < -0.4 is 0 Å². The van der Waals surface area contributed by atoms with Gasteiger partial charge >= 0.3 is 0 Å². The van der Waals surface area contributed by atoms with E-state index in [1.54, 1.807) is 0 Å². The molecule has 2 heterocycles. The predicted octanol–water partition coefficient (Wildman–Crippen LogP) is 11.1. The molecule has 0 amide bonds. The highest BCUT2D eigenvalue weighted by molar-refractivity contribution is 7.25. The maximum Gasteiger partial charge on any atom is 0.0553 e. The van der Waals surface area contributed by atoms with Gasteiger partial charge in [0.1, 0.15) is 0 Å². The van der Waals surface area contributed by atoms with Gasteiger partial charge in [-0.3, -0.25) is 0 Å². The van der Waals surface area contributed by atoms with E-state index in [0.29, 0.717) is 0 Å². The molecule has 9 aromatic rings. The maximum absolute atomic E-state index is 2.50. The largest absolute Gasteiger partial charge is 0.309 e. The summed E-state index contributed by atoms with van der Waals surface area (Å²) in [6.45, 7) is 0. The van der Waals surface area contributed by atoms with Gasteiger partial charge in [-0.05, 0) is 74.1 Å². The summed E-state index contributed by atoms with van der Waals surface area (Å²) in [5.41, 5.74) is 9.08. The molecule has 0 atom stereocenters. The maximum atomic E-state index is 2.50. The fraction of sp³-hybridized carbons (Fsp3) is 0. The summed E-state index contributed by atoms with van der Waals surface area (Å²) in [7, 11) is 0. The molecule has 0 bridgehead atoms. The molecular formula is C38H21NS. The van der Waals surface area contributed by atoms with Crippen molar-refractivity contribution in [2.45, 2.75) is 0 Å². The molecule has 0 N–H and O–H groups in total. The van der Waals surface area contributed by atoms with Gasteiger partial charge in [0.15, 0.2) is 0 Å². The van der Waals surface area contributed by atoms with Gasteiger partial charge in [0, 0.05) is 36.6 Å². The summed E-state index contributed by atoms with van der Waals surface area (Å²) >= 11 is 1.88. The Morgan fingerprint density at radius 3 is 2.02 bits per heavy atom. The van der Waals surface area contributed by atoms with Crippen molar-refractivity contribution in [1.29, 1.82) is 0 Å². The van der Waals surface area contributed by atoms with Crippen LogP contribution in [0.25, 0.3) is 91.5 Å². The predicted molar refractivity (Wildman–Crippen MR) is 173 cm³/mol. The van der Waals surface area contributed by atoms with Crippen molar-refractivity contribution in [3.05, 3.63) is 127 Å². The van der Waals surface area contributed by atoms with E-state index in [0.717, 1.165) is 0 Å². The van der Waals surface area contributed by atoms with Crippen LogP contribution in [0.3, 0.4) is 0 Å². The van der Waals surface area contributed by atoms with E-state index in [4.69, 9.17) is 0 Å². The first-order chi connectivity index (χ1) is 19.8. The van der Waals surface area contributed by atoms with E-state index in [-0.39, 0.29) is 0 Å². The second-order valence-electron chi connectivity index (χ2n) is 10.9. The number of hydrogen-bond donors (Lipinski definition) is 0. The molecule has 2 aromatic heterocycles. The van der Waals surface area contributed by atoms with Crippen molar-refractivity contribution in [2.24, 2.45) is 0 Å². The summed E-state index contributed by atoms with van der Waals surface area (Å²) in [5.74, 6) is 0. The number of nitrogens with zero attached hydrogens (tertiary/aromatic N) is 1. The minimum Gasteiger partial charge on any atom is -0.309 e. The van der Waals surface area contributed by atoms with E-state index < -0.39 is 0 Å². The van der Waals surface area contributed by atoms with Gasteiger partial charge in [0.2, 0.25) is 0 Å². The molecular weight excluding hydrogens is 502 g/mol. The summed E-state index contributed by atoms with van der Waals surface area (Å²) in [6, 6.07) is 47.4. The van der Waals surface area contributed by atoms with E-state index in [1.165, 1.54) is 91.5 Å². The lowest BCUT2D eigenvalue weighted by atomic mass is 9.96. The number of hydrogen-bond acceptors (Lipinski definition) is 1. The second-order valence-corrected chi connectivity index (χ2v) is 12.0. The third-order valence-corrected chi connectivity index (χ3v) is 10.0. The SMILES string of the molecule is c1ccc2c(c1)-c1cccc3c1c-2cc1c3c2c3ccccc3ccc2n1-c1ccc2c(c1)sc1ccccc12. The van der Waals surface area contributed by atoms with Crippen LogP contribution in [0, 0.1) is 0 Å². The standard InChI is InChI=1S/C38H21NS/c1-2-9-24-22(8-1)16-19-32-37(24)38-30-14-7-13-29-25-10-3-4-11-26(25)31(36(29)30)21-33(38)39(32)23-17-18-28-27-12-5-6-15-34(27)40-35(28)20-23/h1-21H. The number of aromatic nitrogens is 1. The van der Waals surface area contributed by atoms with Gasteiger partial charge in [0.25, 0.3) is 0 Å². The molecule has 0 saturated carbocycles. The van der Waals surface area contributed by atoms with Crippen molar-refractivity contribution >= 4 is 74.9 Å². The molecule has 0 radical (unpaired) electrons. The van der Waals surface area contributed by atoms with Crippen LogP contribution in [0.2, 0.25) is 0 Å². The molecule has 0 spiro atoms. The summed E-state index contributed by atoms with van der Waals surface area (Å²) in [6.07, 6.45) is 0. The normalized spacial score (nSPS) is 12.5. The molecule has 1 aliphatic carbocycles. The molecule has 2 heteroatoms. The Kier molecular flexibility index (Phi) is 3.87. The van der Waals surface area contributed by atoms with E-state index in [2.05, 4.69) is 132 Å². The lowest BCUT2D eigenvalue weighted by Gasteiger charge is -2.10. The average Bonchev–Trinajstić information content (AvgIpc) is 3.66. The van der Waals surface area contributed by atoms with Crippen molar-refractivity contribution < 1.29 is 0 Å². The number of thiophene rings is 1. The van der Waals surface area contributed by atoms with E-state index >= 15 is 0 Å². The highest BCUT2D eigenvalue weighted by atomic mass is 32.1. The van der Waals surface area contributed by atoms with E-state index in [1.807, 2.05) is 11.3 Å². The van der Waals surface area contributed by atoms with Gasteiger partial charge in [-0.1, -0.05) is 97.1 Å². The van der Waals surface area contributed by atoms with Crippen LogP contribution >= 0.6 is 11.3 Å². The zero-order valence-corrected chi connectivity index (χ0v) is 22.3. The highest BCUT2D eigenvalue weighted by Gasteiger charge is 2.26. The zero-order valence-electron chi connectivity index (χ0n) is 21.5. The first-order valence-electron chi connectivity index (χ1n) is 13.8. The summed E-state index contributed by atoms with van der Waals surface area (Å²) in [5, 5.41) is 10.7. The van der Waals surface area contributed by atoms with Crippen molar-refractivity contribution in [1.82, 2.24) is 4.57 Å². The Balaban J connectivity index is 1.43. The first kappa shape index (κ1) is 21.0. The molecule has 1 nitrogen and oxygen atoms in total. The van der Waals surface area contributed by atoms with Crippen LogP contribution in [0.1, 0.15) is 0 Å². The smallest absolute Gasteiger partial charge is 0.0553 e. The second kappa shape index (κ2) is 7.38. The van der Waals surface area contributed by atoms with E-state index in [9.17, 15) is 0 Å². The minimum absolute atomic E-state index is 1.21. The Morgan fingerprint density at radius 2 is 1.10 bits per heavy atom. The highest BCUT2D eigenvalue weighted by Crippen LogP contribution is 2.52. The monoisotopic (exact) mass is 523 g/mol. The van der Waals surface area contributed by atoms with Gasteiger partial charge in [-0.25, -0.2) is 0 Å². The van der Waals surface area contributed by atoms with Gasteiger partial charge in [0.05, 0.1) is 11.0 Å². The van der Waals surface area contributed by atoms with Crippen molar-refractivity contribution in [2.75, 3.05) is 0 Å². The molecule has 0 aliphatic heterocycles. The zero-order chi connectivity index (χ0) is 25.9. The lowest BCUT2D eigenvalue weighted by molar-refractivity contribution is 1.19.